The van der Waals surface area contributed by atoms with Crippen molar-refractivity contribution in [1.82, 2.24) is 0 Å². The fourth-order valence-electron chi connectivity index (χ4n) is 5.90. The van der Waals surface area contributed by atoms with Gasteiger partial charge in [0.2, 0.25) is 0 Å². The first-order chi connectivity index (χ1) is 7.32. The van der Waals surface area contributed by atoms with E-state index in [9.17, 15) is 5.11 Å². The lowest BCUT2D eigenvalue weighted by Crippen LogP contribution is -2.51. The normalized spacial score (nSPS) is 58.7. The van der Waals surface area contributed by atoms with Crippen molar-refractivity contribution < 1.29 is 5.11 Å². The first-order valence-corrected chi connectivity index (χ1v) is 7.05. The van der Waals surface area contributed by atoms with Crippen molar-refractivity contribution in [2.45, 2.75) is 65.4 Å². The largest absolute Gasteiger partial charge is 0.390 e. The predicted molar refractivity (Wildman–Crippen MR) is 66.1 cm³/mol. The molecule has 1 heteroatoms. The van der Waals surface area contributed by atoms with Gasteiger partial charge in [-0.2, -0.15) is 0 Å². The Kier molecular flexibility index (Phi) is 1.98. The summed E-state index contributed by atoms with van der Waals surface area (Å²) in [7, 11) is 0. The topological polar surface area (TPSA) is 20.2 Å². The monoisotopic (exact) mass is 222 g/mol. The number of fused-ring (bicyclic) bond motifs is 1. The highest BCUT2D eigenvalue weighted by atomic mass is 16.3. The standard InChI is InChI=1S/C15H26O/c1-10-5-6-12-13(2,3)11-7-8-14(4,16)15(10,12)9-11/h10-12,16H,5-9H2,1-4H3. The van der Waals surface area contributed by atoms with Gasteiger partial charge in [-0.05, 0) is 62.2 Å². The van der Waals surface area contributed by atoms with Crippen LogP contribution in [0.3, 0.4) is 0 Å². The number of aliphatic hydroxyl groups is 1. The summed E-state index contributed by atoms with van der Waals surface area (Å²) in [6.07, 6.45) is 6.24. The van der Waals surface area contributed by atoms with E-state index < -0.39 is 5.60 Å². The molecule has 0 amide bonds. The van der Waals surface area contributed by atoms with Crippen LogP contribution in [0.4, 0.5) is 0 Å². The summed E-state index contributed by atoms with van der Waals surface area (Å²) in [5, 5.41) is 10.9. The van der Waals surface area contributed by atoms with Gasteiger partial charge < -0.3 is 5.11 Å². The highest BCUT2D eigenvalue weighted by molar-refractivity contribution is 5.19. The molecule has 0 aromatic carbocycles. The first kappa shape index (κ1) is 11.1. The molecule has 3 fully saturated rings. The molecule has 0 aromatic rings. The van der Waals surface area contributed by atoms with E-state index >= 15 is 0 Å². The molecular weight excluding hydrogens is 196 g/mol. The van der Waals surface area contributed by atoms with Gasteiger partial charge in [0.25, 0.3) is 0 Å². The van der Waals surface area contributed by atoms with Crippen molar-refractivity contribution in [3.63, 3.8) is 0 Å². The Hall–Kier alpha value is -0.0400. The van der Waals surface area contributed by atoms with Gasteiger partial charge in [-0.3, -0.25) is 0 Å². The van der Waals surface area contributed by atoms with Crippen LogP contribution < -0.4 is 0 Å². The smallest absolute Gasteiger partial charge is 0.0681 e. The molecular formula is C15H26O. The third-order valence-electron chi connectivity index (χ3n) is 6.91. The molecule has 1 N–H and O–H groups in total. The van der Waals surface area contributed by atoms with Crippen molar-refractivity contribution in [3.8, 4) is 0 Å². The van der Waals surface area contributed by atoms with Crippen molar-refractivity contribution in [1.29, 1.82) is 0 Å². The summed E-state index contributed by atoms with van der Waals surface area (Å²) in [6, 6.07) is 0. The lowest BCUT2D eigenvalue weighted by molar-refractivity contribution is -0.125. The molecule has 3 saturated carbocycles. The molecule has 1 spiro atoms. The van der Waals surface area contributed by atoms with E-state index in [1.54, 1.807) is 0 Å². The third-order valence-corrected chi connectivity index (χ3v) is 6.91. The second kappa shape index (κ2) is 2.85. The van der Waals surface area contributed by atoms with E-state index in [0.717, 1.165) is 24.2 Å². The first-order valence-electron chi connectivity index (χ1n) is 7.05. The summed E-state index contributed by atoms with van der Waals surface area (Å²) < 4.78 is 0. The van der Waals surface area contributed by atoms with E-state index in [1.165, 1.54) is 25.7 Å². The summed E-state index contributed by atoms with van der Waals surface area (Å²) in [5.41, 5.74) is 0.308. The Morgan fingerprint density at radius 2 is 1.75 bits per heavy atom. The zero-order valence-corrected chi connectivity index (χ0v) is 11.2. The Labute approximate surface area is 99.6 Å². The highest BCUT2D eigenvalue weighted by Gasteiger charge is 2.70. The SMILES string of the molecule is CC1CCC2C(C)(C)C3CCC(C)(O)C12C3. The molecule has 5 atom stereocenters. The summed E-state index contributed by atoms with van der Waals surface area (Å²) in [5.74, 6) is 2.34. The maximum absolute atomic E-state index is 10.9. The zero-order chi connectivity index (χ0) is 11.8. The number of hydrogen-bond donors (Lipinski definition) is 1. The van der Waals surface area contributed by atoms with Gasteiger partial charge in [0, 0.05) is 5.41 Å². The Morgan fingerprint density at radius 1 is 1.06 bits per heavy atom. The van der Waals surface area contributed by atoms with Crippen LogP contribution in [0.15, 0.2) is 0 Å². The minimum Gasteiger partial charge on any atom is -0.390 e. The van der Waals surface area contributed by atoms with Gasteiger partial charge in [-0.15, -0.1) is 0 Å². The fraction of sp³-hybridized carbons (Fsp3) is 1.00. The van der Waals surface area contributed by atoms with Crippen LogP contribution in [-0.2, 0) is 0 Å². The second-order valence-corrected chi connectivity index (χ2v) is 7.61. The van der Waals surface area contributed by atoms with Gasteiger partial charge in [0.05, 0.1) is 5.60 Å². The molecule has 3 aliphatic carbocycles. The average molecular weight is 222 g/mol. The number of hydrogen-bond acceptors (Lipinski definition) is 1. The Balaban J connectivity index is 2.14. The minimum absolute atomic E-state index is 0.249. The van der Waals surface area contributed by atoms with Crippen molar-refractivity contribution in [2.24, 2.45) is 28.6 Å². The predicted octanol–water partition coefficient (Wildman–Crippen LogP) is 3.61. The lowest BCUT2D eigenvalue weighted by atomic mass is 9.59. The molecule has 1 nitrogen and oxygen atoms in total. The summed E-state index contributed by atoms with van der Waals surface area (Å²) in [4.78, 5) is 0. The third kappa shape index (κ3) is 0.978. The zero-order valence-electron chi connectivity index (χ0n) is 11.2. The fourth-order valence-corrected chi connectivity index (χ4v) is 5.90. The molecule has 3 rings (SSSR count). The molecule has 3 aliphatic rings. The molecule has 5 unspecified atom stereocenters. The van der Waals surface area contributed by atoms with Crippen LogP contribution in [-0.4, -0.2) is 10.7 Å². The molecule has 92 valence electrons. The molecule has 0 saturated heterocycles. The van der Waals surface area contributed by atoms with Gasteiger partial charge in [0.15, 0.2) is 0 Å². The quantitative estimate of drug-likeness (QED) is 0.664. The maximum atomic E-state index is 10.9. The summed E-state index contributed by atoms with van der Waals surface area (Å²) >= 11 is 0. The maximum Gasteiger partial charge on any atom is 0.0681 e. The van der Waals surface area contributed by atoms with E-state index in [4.69, 9.17) is 0 Å². The minimum atomic E-state index is -0.405. The van der Waals surface area contributed by atoms with Crippen molar-refractivity contribution >= 4 is 0 Å². The average Bonchev–Trinajstić information content (AvgIpc) is 2.59. The highest BCUT2D eigenvalue weighted by Crippen LogP contribution is 2.73. The van der Waals surface area contributed by atoms with Crippen LogP contribution >= 0.6 is 0 Å². The lowest BCUT2D eigenvalue weighted by Gasteiger charge is -2.49. The molecule has 0 aliphatic heterocycles. The Morgan fingerprint density at radius 3 is 2.44 bits per heavy atom. The molecule has 0 radical (unpaired) electrons. The van der Waals surface area contributed by atoms with Crippen LogP contribution in [0.25, 0.3) is 0 Å². The van der Waals surface area contributed by atoms with Gasteiger partial charge in [-0.1, -0.05) is 20.8 Å². The summed E-state index contributed by atoms with van der Waals surface area (Å²) in [6.45, 7) is 9.44. The molecule has 0 aromatic heterocycles. The van der Waals surface area contributed by atoms with E-state index in [2.05, 4.69) is 27.7 Å². The van der Waals surface area contributed by atoms with E-state index in [0.29, 0.717) is 5.41 Å². The van der Waals surface area contributed by atoms with Crippen LogP contribution in [0, 0.1) is 28.6 Å². The van der Waals surface area contributed by atoms with Crippen LogP contribution in [0.2, 0.25) is 0 Å². The van der Waals surface area contributed by atoms with Gasteiger partial charge >= 0.3 is 0 Å². The Bertz CT molecular complexity index is 317. The van der Waals surface area contributed by atoms with Crippen LogP contribution in [0.1, 0.15) is 59.8 Å². The molecule has 2 bridgehead atoms. The molecule has 16 heavy (non-hydrogen) atoms. The van der Waals surface area contributed by atoms with Crippen molar-refractivity contribution in [3.05, 3.63) is 0 Å². The molecule has 0 heterocycles. The second-order valence-electron chi connectivity index (χ2n) is 7.61. The van der Waals surface area contributed by atoms with E-state index in [-0.39, 0.29) is 5.41 Å². The van der Waals surface area contributed by atoms with E-state index in [1.807, 2.05) is 0 Å². The number of rotatable bonds is 0. The van der Waals surface area contributed by atoms with Crippen LogP contribution in [0.5, 0.6) is 0 Å². The van der Waals surface area contributed by atoms with Gasteiger partial charge in [-0.25, -0.2) is 0 Å². The van der Waals surface area contributed by atoms with Gasteiger partial charge in [0.1, 0.15) is 0 Å². The van der Waals surface area contributed by atoms with Crippen molar-refractivity contribution in [2.75, 3.05) is 0 Å².